The van der Waals surface area contributed by atoms with Gasteiger partial charge in [0, 0.05) is 17.6 Å². The number of halogens is 1. The topological polar surface area (TPSA) is 26.3 Å². The highest BCUT2D eigenvalue weighted by Crippen LogP contribution is 2.34. The fraction of sp³-hybridized carbons (Fsp3) is 0.316. The van der Waals surface area contributed by atoms with Crippen molar-refractivity contribution < 1.29 is 9.53 Å². The normalized spacial score (nSPS) is 14.7. The first kappa shape index (κ1) is 18.1. The lowest BCUT2D eigenvalue weighted by Gasteiger charge is -2.27. The Bertz CT molecular complexity index is 603. The molecule has 0 heterocycles. The van der Waals surface area contributed by atoms with E-state index in [9.17, 15) is 4.79 Å². The first-order valence-electron chi connectivity index (χ1n) is 7.62. The van der Waals surface area contributed by atoms with Crippen LogP contribution >= 0.6 is 27.7 Å². The van der Waals surface area contributed by atoms with Crippen molar-refractivity contribution >= 4 is 33.7 Å². The van der Waals surface area contributed by atoms with Gasteiger partial charge in [-0.15, -0.1) is 11.8 Å². The summed E-state index contributed by atoms with van der Waals surface area (Å²) in [5, 5.41) is 0. The summed E-state index contributed by atoms with van der Waals surface area (Å²) >= 11 is 5.58. The molecule has 2 aromatic carbocycles. The van der Waals surface area contributed by atoms with E-state index in [4.69, 9.17) is 4.74 Å². The van der Waals surface area contributed by atoms with Crippen molar-refractivity contribution in [1.82, 2.24) is 0 Å². The Morgan fingerprint density at radius 3 is 2.22 bits per heavy atom. The largest absolute Gasteiger partial charge is 0.456 e. The van der Waals surface area contributed by atoms with Gasteiger partial charge in [-0.05, 0) is 23.6 Å². The predicted molar refractivity (Wildman–Crippen MR) is 100.0 cm³/mol. The molecule has 0 radical (unpaired) electrons. The molecule has 23 heavy (non-hydrogen) atoms. The molecule has 2 aromatic rings. The van der Waals surface area contributed by atoms with Gasteiger partial charge in [0.25, 0.3) is 0 Å². The first-order valence-corrected chi connectivity index (χ1v) is 9.52. The summed E-state index contributed by atoms with van der Waals surface area (Å²) in [6.07, 6.45) is -0.278. The van der Waals surface area contributed by atoms with Gasteiger partial charge in [-0.2, -0.15) is 0 Å². The van der Waals surface area contributed by atoms with E-state index in [1.54, 1.807) is 0 Å². The lowest BCUT2D eigenvalue weighted by atomic mass is 9.99. The number of hydrogen-bond acceptors (Lipinski definition) is 3. The van der Waals surface area contributed by atoms with Gasteiger partial charge in [0.1, 0.15) is 6.10 Å². The highest BCUT2D eigenvalue weighted by atomic mass is 79.9. The number of carbonyl (C=O) groups is 1. The minimum absolute atomic E-state index is 0.0602. The lowest BCUT2D eigenvalue weighted by Crippen LogP contribution is -2.25. The van der Waals surface area contributed by atoms with Crippen molar-refractivity contribution in [2.75, 3.05) is 5.75 Å². The van der Waals surface area contributed by atoms with Crippen LogP contribution in [0.25, 0.3) is 0 Å². The summed E-state index contributed by atoms with van der Waals surface area (Å²) < 4.78 is 5.58. The Balaban J connectivity index is 2.04. The Morgan fingerprint density at radius 2 is 1.65 bits per heavy atom. The van der Waals surface area contributed by atoms with Gasteiger partial charge in [-0.1, -0.05) is 71.4 Å². The minimum atomic E-state index is -0.278. The van der Waals surface area contributed by atoms with E-state index < -0.39 is 0 Å². The second kappa shape index (κ2) is 9.14. The summed E-state index contributed by atoms with van der Waals surface area (Å²) in [5.74, 6) is 1.03. The van der Waals surface area contributed by atoms with Crippen LogP contribution in [0, 0.1) is 5.92 Å². The fourth-order valence-electron chi connectivity index (χ4n) is 2.27. The molecule has 0 aliphatic heterocycles. The SMILES string of the molecule is CC(=O)O[C@H](c1ccccc1)[C@@H](Br)[C@H](C)CSc1ccccc1. The quantitative estimate of drug-likeness (QED) is 0.354. The van der Waals surface area contributed by atoms with Crippen molar-refractivity contribution in [2.45, 2.75) is 29.7 Å². The van der Waals surface area contributed by atoms with E-state index in [-0.39, 0.29) is 16.9 Å². The van der Waals surface area contributed by atoms with Crippen LogP contribution in [0.2, 0.25) is 0 Å². The zero-order valence-corrected chi connectivity index (χ0v) is 15.7. The van der Waals surface area contributed by atoms with Crippen LogP contribution in [0.15, 0.2) is 65.6 Å². The smallest absolute Gasteiger partial charge is 0.303 e. The molecular weight excluding hydrogens is 372 g/mol. The number of thioether (sulfide) groups is 1. The second-order valence-corrected chi connectivity index (χ2v) is 7.64. The molecular formula is C19H21BrO2S. The summed E-state index contributed by atoms with van der Waals surface area (Å²) in [5.41, 5.74) is 1.01. The number of alkyl halides is 1. The van der Waals surface area contributed by atoms with Crippen molar-refractivity contribution in [3.63, 3.8) is 0 Å². The van der Waals surface area contributed by atoms with E-state index >= 15 is 0 Å². The molecule has 122 valence electrons. The maximum Gasteiger partial charge on any atom is 0.303 e. The molecule has 0 saturated carbocycles. The molecule has 0 bridgehead atoms. The van der Waals surface area contributed by atoms with E-state index in [2.05, 4.69) is 35.0 Å². The summed E-state index contributed by atoms with van der Waals surface area (Å²) in [6, 6.07) is 20.2. The first-order chi connectivity index (χ1) is 11.1. The number of carbonyl (C=O) groups excluding carboxylic acids is 1. The third kappa shape index (κ3) is 5.70. The lowest BCUT2D eigenvalue weighted by molar-refractivity contribution is -0.147. The Hall–Kier alpha value is -1.26. The van der Waals surface area contributed by atoms with Crippen LogP contribution in [0.1, 0.15) is 25.5 Å². The van der Waals surface area contributed by atoms with Gasteiger partial charge < -0.3 is 4.74 Å². The summed E-state index contributed by atoms with van der Waals surface area (Å²) in [6.45, 7) is 3.63. The second-order valence-electron chi connectivity index (χ2n) is 5.49. The van der Waals surface area contributed by atoms with E-state index in [0.29, 0.717) is 5.92 Å². The van der Waals surface area contributed by atoms with Gasteiger partial charge in [0.15, 0.2) is 0 Å². The molecule has 0 fully saturated rings. The Labute approximate surface area is 150 Å². The third-order valence-electron chi connectivity index (χ3n) is 3.51. The van der Waals surface area contributed by atoms with Crippen LogP contribution in [0.3, 0.4) is 0 Å². The molecule has 4 heteroatoms. The van der Waals surface area contributed by atoms with Crippen molar-refractivity contribution in [1.29, 1.82) is 0 Å². The van der Waals surface area contributed by atoms with Crippen molar-refractivity contribution in [3.8, 4) is 0 Å². The van der Waals surface area contributed by atoms with Crippen LogP contribution < -0.4 is 0 Å². The van der Waals surface area contributed by atoms with Gasteiger partial charge in [0.2, 0.25) is 0 Å². The number of ether oxygens (including phenoxy) is 1. The third-order valence-corrected chi connectivity index (χ3v) is 6.19. The highest BCUT2D eigenvalue weighted by molar-refractivity contribution is 9.09. The molecule has 0 unspecified atom stereocenters. The summed E-state index contributed by atoms with van der Waals surface area (Å²) in [7, 11) is 0. The van der Waals surface area contributed by atoms with Crippen LogP contribution in [-0.4, -0.2) is 16.5 Å². The van der Waals surface area contributed by atoms with Gasteiger partial charge >= 0.3 is 5.97 Å². The maximum absolute atomic E-state index is 11.5. The number of benzene rings is 2. The standard InChI is InChI=1S/C19H21BrO2S/c1-14(13-23-17-11-7-4-8-12-17)18(20)19(22-15(2)21)16-9-5-3-6-10-16/h3-12,14,18-19H,13H2,1-2H3/t14-,18+,19-/m1/s1. The molecule has 0 aliphatic carbocycles. The van der Waals surface area contributed by atoms with E-state index in [1.807, 2.05) is 60.3 Å². The molecule has 3 atom stereocenters. The Kier molecular flexibility index (Phi) is 7.18. The van der Waals surface area contributed by atoms with Crippen LogP contribution in [0.4, 0.5) is 0 Å². The van der Waals surface area contributed by atoms with Gasteiger partial charge in [-0.3, -0.25) is 4.79 Å². The summed E-state index contributed by atoms with van der Waals surface area (Å²) in [4.78, 5) is 12.8. The average Bonchev–Trinajstić information content (AvgIpc) is 2.58. The number of hydrogen-bond donors (Lipinski definition) is 0. The average molecular weight is 393 g/mol. The monoisotopic (exact) mass is 392 g/mol. The molecule has 2 nitrogen and oxygen atoms in total. The van der Waals surface area contributed by atoms with Gasteiger partial charge in [-0.25, -0.2) is 0 Å². The fourth-order valence-corrected chi connectivity index (χ4v) is 4.13. The predicted octanol–water partition coefficient (Wildman–Crippen LogP) is 5.48. The van der Waals surface area contributed by atoms with E-state index in [0.717, 1.165) is 11.3 Å². The van der Waals surface area contributed by atoms with Gasteiger partial charge in [0.05, 0.1) is 4.83 Å². The molecule has 2 rings (SSSR count). The molecule has 0 amide bonds. The van der Waals surface area contributed by atoms with Crippen LogP contribution in [-0.2, 0) is 9.53 Å². The zero-order valence-electron chi connectivity index (χ0n) is 13.3. The molecule has 0 aromatic heterocycles. The van der Waals surface area contributed by atoms with E-state index in [1.165, 1.54) is 11.8 Å². The molecule has 0 spiro atoms. The molecule has 0 N–H and O–H groups in total. The van der Waals surface area contributed by atoms with Crippen LogP contribution in [0.5, 0.6) is 0 Å². The highest BCUT2D eigenvalue weighted by Gasteiger charge is 2.28. The zero-order chi connectivity index (χ0) is 16.7. The number of esters is 1. The maximum atomic E-state index is 11.5. The number of rotatable bonds is 7. The van der Waals surface area contributed by atoms with Crippen molar-refractivity contribution in [3.05, 3.63) is 66.2 Å². The molecule has 0 saturated heterocycles. The van der Waals surface area contributed by atoms with Crippen molar-refractivity contribution in [2.24, 2.45) is 5.92 Å². The molecule has 0 aliphatic rings. The Morgan fingerprint density at radius 1 is 1.09 bits per heavy atom. The minimum Gasteiger partial charge on any atom is -0.456 e.